The molecule has 2 atom stereocenters. The van der Waals surface area contributed by atoms with Gasteiger partial charge in [-0.1, -0.05) is 23.2 Å². The third kappa shape index (κ3) is 7.87. The van der Waals surface area contributed by atoms with E-state index < -0.39 is 6.10 Å². The van der Waals surface area contributed by atoms with Crippen LogP contribution in [0, 0.1) is 11.8 Å². The van der Waals surface area contributed by atoms with Crippen molar-refractivity contribution in [2.24, 2.45) is 17.6 Å². The molecule has 4 heterocycles. The van der Waals surface area contributed by atoms with Crippen LogP contribution in [0.5, 0.6) is 11.6 Å². The zero-order chi connectivity index (χ0) is 28.9. The molecule has 5 rings (SSSR count). The zero-order valence-electron chi connectivity index (χ0n) is 23.1. The molecule has 0 aliphatic carbocycles. The Morgan fingerprint density at radius 2 is 1.88 bits per heavy atom. The van der Waals surface area contributed by atoms with Crippen LogP contribution in [-0.4, -0.2) is 71.3 Å². The number of nitrogens with zero attached hydrogens (tertiary/aromatic N) is 4. The molecular weight excluding hydrogens is 563 g/mol. The summed E-state index contributed by atoms with van der Waals surface area (Å²) in [5.74, 6) is 2.33. The van der Waals surface area contributed by atoms with Crippen molar-refractivity contribution in [3.63, 3.8) is 0 Å². The number of amides is 1. The molecule has 1 aromatic carbocycles. The van der Waals surface area contributed by atoms with Crippen molar-refractivity contribution in [1.29, 1.82) is 0 Å². The topological polar surface area (TPSA) is 117 Å². The lowest BCUT2D eigenvalue weighted by Gasteiger charge is -2.32. The van der Waals surface area contributed by atoms with E-state index in [-0.39, 0.29) is 11.8 Å². The van der Waals surface area contributed by atoms with Crippen molar-refractivity contribution in [2.45, 2.75) is 32.4 Å². The molecule has 9 nitrogen and oxygen atoms in total. The normalized spacial score (nSPS) is 19.9. The quantitative estimate of drug-likeness (QED) is 0.333. The number of anilines is 1. The number of carbonyl (C=O) groups excluding carboxylic acids is 1. The van der Waals surface area contributed by atoms with E-state index in [4.69, 9.17) is 38.7 Å². The number of carbonyl (C=O) groups is 1. The van der Waals surface area contributed by atoms with Crippen molar-refractivity contribution < 1.29 is 14.6 Å². The predicted molar refractivity (Wildman–Crippen MR) is 161 cm³/mol. The molecule has 3 aromatic rings. The maximum absolute atomic E-state index is 11.3. The van der Waals surface area contributed by atoms with Crippen molar-refractivity contribution in [3.05, 3.63) is 64.3 Å². The Morgan fingerprint density at radius 3 is 2.51 bits per heavy atom. The molecule has 0 saturated carbocycles. The lowest BCUT2D eigenvalue weighted by Crippen LogP contribution is -2.37. The van der Waals surface area contributed by atoms with Gasteiger partial charge in [0.1, 0.15) is 11.6 Å². The van der Waals surface area contributed by atoms with E-state index in [1.165, 1.54) is 0 Å². The van der Waals surface area contributed by atoms with E-state index in [1.54, 1.807) is 19.2 Å². The lowest BCUT2D eigenvalue weighted by atomic mass is 9.96. The standard InChI is InChI=1S/C30H36Cl2N6O3/c1-19(39)34-14-20-4-6-37(7-5-20)16-21-8-27(22-10-24(31)12-25(32)11-22)36-30(9-21)41-26-2-3-29(35-15-26)38-17-23(13-33)28(40)18-38/h2-3,8-12,15,20,23,28,40H,4-7,13-14,16-18,33H2,1H3,(H,34,39)/t23-,28-/m0/s1. The molecule has 0 spiro atoms. The fourth-order valence-electron chi connectivity index (χ4n) is 5.46. The summed E-state index contributed by atoms with van der Waals surface area (Å²) in [6.07, 6.45) is 3.28. The molecule has 11 heteroatoms. The molecular formula is C30H36Cl2N6O3. The number of benzene rings is 1. The SMILES string of the molecule is CC(=O)NCC1CCN(Cc2cc(Oc3ccc(N4C[C@H](CN)[C@@H](O)C4)nc3)nc(-c3cc(Cl)cc(Cl)c3)c2)CC1. The Kier molecular flexibility index (Phi) is 9.62. The lowest BCUT2D eigenvalue weighted by molar-refractivity contribution is -0.119. The Morgan fingerprint density at radius 1 is 1.12 bits per heavy atom. The van der Waals surface area contributed by atoms with Gasteiger partial charge in [0, 0.05) is 60.7 Å². The molecule has 0 unspecified atom stereocenters. The van der Waals surface area contributed by atoms with Crippen LogP contribution < -0.4 is 20.7 Å². The highest BCUT2D eigenvalue weighted by Gasteiger charge is 2.31. The van der Waals surface area contributed by atoms with Gasteiger partial charge >= 0.3 is 0 Å². The fourth-order valence-corrected chi connectivity index (χ4v) is 5.99. The van der Waals surface area contributed by atoms with E-state index in [9.17, 15) is 9.90 Å². The van der Waals surface area contributed by atoms with Crippen molar-refractivity contribution in [2.75, 3.05) is 44.2 Å². The largest absolute Gasteiger partial charge is 0.437 e. The maximum Gasteiger partial charge on any atom is 0.220 e. The summed E-state index contributed by atoms with van der Waals surface area (Å²) in [6, 6.07) is 13.1. The Bertz CT molecular complexity index is 1330. The first-order valence-corrected chi connectivity index (χ1v) is 14.7. The summed E-state index contributed by atoms with van der Waals surface area (Å²) in [4.78, 5) is 25.1. The van der Waals surface area contributed by atoms with Gasteiger partial charge in [-0.15, -0.1) is 0 Å². The van der Waals surface area contributed by atoms with Gasteiger partial charge in [-0.3, -0.25) is 9.69 Å². The summed E-state index contributed by atoms with van der Waals surface area (Å²) >= 11 is 12.6. The number of rotatable bonds is 9. The van der Waals surface area contributed by atoms with Gasteiger partial charge in [0.25, 0.3) is 0 Å². The van der Waals surface area contributed by atoms with Crippen molar-refractivity contribution >= 4 is 34.9 Å². The molecule has 4 N–H and O–H groups in total. The predicted octanol–water partition coefficient (Wildman–Crippen LogP) is 4.35. The second kappa shape index (κ2) is 13.4. The number of likely N-dealkylation sites (tertiary alicyclic amines) is 1. The monoisotopic (exact) mass is 598 g/mol. The maximum atomic E-state index is 11.3. The van der Waals surface area contributed by atoms with E-state index in [0.717, 1.165) is 56.0 Å². The van der Waals surface area contributed by atoms with Crippen LogP contribution in [0.3, 0.4) is 0 Å². The number of pyridine rings is 2. The average Bonchev–Trinajstić information content (AvgIpc) is 3.33. The number of nitrogens with two attached hydrogens (primary N) is 1. The smallest absolute Gasteiger partial charge is 0.220 e. The highest BCUT2D eigenvalue weighted by atomic mass is 35.5. The highest BCUT2D eigenvalue weighted by Crippen LogP contribution is 2.31. The summed E-state index contributed by atoms with van der Waals surface area (Å²) < 4.78 is 6.20. The van der Waals surface area contributed by atoms with E-state index in [2.05, 4.69) is 15.2 Å². The van der Waals surface area contributed by atoms with Gasteiger partial charge in [-0.25, -0.2) is 9.97 Å². The van der Waals surface area contributed by atoms with Crippen LogP contribution in [0.15, 0.2) is 48.7 Å². The third-order valence-electron chi connectivity index (χ3n) is 7.75. The van der Waals surface area contributed by atoms with Crippen molar-refractivity contribution in [3.8, 4) is 22.9 Å². The number of piperidine rings is 1. The number of nitrogens with one attached hydrogen (secondary N) is 1. The fraction of sp³-hybridized carbons (Fsp3) is 0.433. The van der Waals surface area contributed by atoms with E-state index in [0.29, 0.717) is 52.9 Å². The van der Waals surface area contributed by atoms with E-state index in [1.807, 2.05) is 41.3 Å². The number of aliphatic hydroxyl groups is 1. The summed E-state index contributed by atoms with van der Waals surface area (Å²) in [5, 5.41) is 14.2. The number of β-amino-alcohol motifs (C(OH)–C–C–N with tert-alkyl or cyclic N) is 1. The summed E-state index contributed by atoms with van der Waals surface area (Å²) in [7, 11) is 0. The van der Waals surface area contributed by atoms with Gasteiger partial charge in [0.2, 0.25) is 11.8 Å². The zero-order valence-corrected chi connectivity index (χ0v) is 24.6. The van der Waals surface area contributed by atoms with Gasteiger partial charge in [-0.05, 0) is 80.4 Å². The van der Waals surface area contributed by atoms with Crippen LogP contribution >= 0.6 is 23.2 Å². The minimum absolute atomic E-state index is 0.0188. The highest BCUT2D eigenvalue weighted by molar-refractivity contribution is 6.35. The minimum atomic E-state index is -0.453. The molecule has 0 radical (unpaired) electrons. The Labute approximate surface area is 250 Å². The number of aliphatic hydroxyl groups excluding tert-OH is 1. The van der Waals surface area contributed by atoms with Crippen LogP contribution in [-0.2, 0) is 11.3 Å². The second-order valence-corrected chi connectivity index (χ2v) is 11.8. The molecule has 1 amide bonds. The molecule has 2 fully saturated rings. The van der Waals surface area contributed by atoms with Gasteiger partial charge in [-0.2, -0.15) is 0 Å². The third-order valence-corrected chi connectivity index (χ3v) is 8.19. The number of hydrogen-bond donors (Lipinski definition) is 3. The molecule has 0 bridgehead atoms. The second-order valence-electron chi connectivity index (χ2n) is 10.9. The number of halogens is 2. The number of aromatic nitrogens is 2. The summed E-state index contributed by atoms with van der Waals surface area (Å²) in [5.41, 5.74) is 8.36. The van der Waals surface area contributed by atoms with Crippen LogP contribution in [0.1, 0.15) is 25.3 Å². The van der Waals surface area contributed by atoms with Crippen LogP contribution in [0.25, 0.3) is 11.3 Å². The first-order chi connectivity index (χ1) is 19.7. The molecule has 2 aliphatic rings. The molecule has 218 valence electrons. The van der Waals surface area contributed by atoms with Gasteiger partial charge in [0.05, 0.1) is 18.0 Å². The number of hydrogen-bond acceptors (Lipinski definition) is 8. The number of ether oxygens (including phenoxy) is 1. The molecule has 2 aliphatic heterocycles. The van der Waals surface area contributed by atoms with Crippen molar-refractivity contribution in [1.82, 2.24) is 20.2 Å². The van der Waals surface area contributed by atoms with Crippen LogP contribution in [0.4, 0.5) is 5.82 Å². The molecule has 41 heavy (non-hydrogen) atoms. The molecule has 2 saturated heterocycles. The molecule has 2 aromatic heterocycles. The summed E-state index contributed by atoms with van der Waals surface area (Å²) in [6.45, 7) is 6.54. The first-order valence-electron chi connectivity index (χ1n) is 14.0. The van der Waals surface area contributed by atoms with Crippen LogP contribution in [0.2, 0.25) is 10.0 Å². The van der Waals surface area contributed by atoms with Gasteiger partial charge in [0.15, 0.2) is 0 Å². The Balaban J connectivity index is 1.33. The average molecular weight is 600 g/mol. The van der Waals surface area contributed by atoms with E-state index >= 15 is 0 Å². The van der Waals surface area contributed by atoms with Gasteiger partial charge < -0.3 is 25.8 Å². The minimum Gasteiger partial charge on any atom is -0.437 e. The first kappa shape index (κ1) is 29.5. The Hall–Kier alpha value is -2.95.